The van der Waals surface area contributed by atoms with Crippen LogP contribution in [0.15, 0.2) is 15.8 Å². The molecule has 2 heterocycles. The van der Waals surface area contributed by atoms with Gasteiger partial charge in [0.25, 0.3) is 5.56 Å². The molecule has 0 spiro atoms. The van der Waals surface area contributed by atoms with E-state index in [1.54, 1.807) is 6.92 Å². The van der Waals surface area contributed by atoms with E-state index >= 15 is 0 Å². The number of aliphatic hydroxyl groups is 2. The number of aromatic nitrogens is 2. The van der Waals surface area contributed by atoms with E-state index in [0.29, 0.717) is 12.0 Å². The van der Waals surface area contributed by atoms with Crippen LogP contribution in [0, 0.1) is 0 Å². The average molecular weight is 354 g/mol. The Kier molecular flexibility index (Phi) is 6.84. The first kappa shape index (κ1) is 19.7. The number of aromatic amines is 1. The average Bonchev–Trinajstić information content (AvgIpc) is 2.78. The lowest BCUT2D eigenvalue weighted by molar-refractivity contribution is -0.0459. The molecule has 6 N–H and O–H groups in total. The molecule has 1 saturated heterocycles. The lowest BCUT2D eigenvalue weighted by Gasteiger charge is -2.14. The summed E-state index contributed by atoms with van der Waals surface area (Å²) in [4.78, 5) is 46.9. The van der Waals surface area contributed by atoms with Crippen molar-refractivity contribution in [2.24, 2.45) is 0 Å². The lowest BCUT2D eigenvalue weighted by Crippen LogP contribution is -2.34. The van der Waals surface area contributed by atoms with Crippen molar-refractivity contribution >= 4 is 7.82 Å². The standard InChI is InChI=1S/C11H16N2O5.H3O4P/c1-2-6-4-13(11(17)12-10(6)16)9-3-7(15)8(5-14)18-9;1-5(2,3)4/h4,7-9,14-15H,2-3,5H2,1H3,(H,12,16,17);(H3,1,2,3,4)/t7-,8+,9+;/m0./s1. The number of rotatable bonds is 3. The van der Waals surface area contributed by atoms with Gasteiger partial charge in [0, 0.05) is 18.2 Å². The monoisotopic (exact) mass is 354 g/mol. The van der Waals surface area contributed by atoms with Crippen molar-refractivity contribution in [2.45, 2.75) is 38.2 Å². The molecule has 0 aliphatic carbocycles. The van der Waals surface area contributed by atoms with Crippen LogP contribution in [0.3, 0.4) is 0 Å². The fraction of sp³-hybridized carbons (Fsp3) is 0.636. The third-order valence-electron chi connectivity index (χ3n) is 3.12. The predicted molar refractivity (Wildman–Crippen MR) is 76.6 cm³/mol. The number of ether oxygens (including phenoxy) is 1. The zero-order chi connectivity index (χ0) is 17.8. The summed E-state index contributed by atoms with van der Waals surface area (Å²) in [6.45, 7) is 1.50. The Morgan fingerprint density at radius 3 is 2.39 bits per heavy atom. The van der Waals surface area contributed by atoms with Crippen molar-refractivity contribution in [2.75, 3.05) is 6.61 Å². The molecule has 1 aliphatic rings. The van der Waals surface area contributed by atoms with Crippen molar-refractivity contribution < 1.29 is 34.2 Å². The van der Waals surface area contributed by atoms with Crippen LogP contribution >= 0.6 is 7.82 Å². The molecule has 23 heavy (non-hydrogen) atoms. The molecule has 1 aromatic heterocycles. The van der Waals surface area contributed by atoms with Crippen molar-refractivity contribution in [1.82, 2.24) is 9.55 Å². The Morgan fingerprint density at radius 1 is 1.39 bits per heavy atom. The number of phosphoric acid groups is 1. The molecular formula is C11H19N2O9P. The Morgan fingerprint density at radius 2 is 1.96 bits per heavy atom. The summed E-state index contributed by atoms with van der Waals surface area (Å²) in [7, 11) is -4.64. The number of hydrogen-bond donors (Lipinski definition) is 6. The van der Waals surface area contributed by atoms with Gasteiger partial charge < -0.3 is 29.6 Å². The van der Waals surface area contributed by atoms with Crippen LogP contribution in [0.1, 0.15) is 25.1 Å². The molecule has 0 radical (unpaired) electrons. The van der Waals surface area contributed by atoms with Gasteiger partial charge in [0.1, 0.15) is 12.3 Å². The first-order valence-electron chi connectivity index (χ1n) is 6.63. The van der Waals surface area contributed by atoms with Gasteiger partial charge in [-0.1, -0.05) is 6.92 Å². The van der Waals surface area contributed by atoms with Crippen LogP contribution < -0.4 is 11.2 Å². The minimum Gasteiger partial charge on any atom is -0.394 e. The maximum atomic E-state index is 11.7. The minimum atomic E-state index is -4.64. The van der Waals surface area contributed by atoms with E-state index < -0.39 is 37.5 Å². The van der Waals surface area contributed by atoms with Crippen molar-refractivity contribution in [3.05, 3.63) is 32.6 Å². The second-order valence-electron chi connectivity index (χ2n) is 4.80. The SMILES string of the molecule is CCc1cn([C@H]2C[C@H](O)[C@@H](CO)O2)c(=O)[nH]c1=O.O=P(O)(O)O. The van der Waals surface area contributed by atoms with Gasteiger partial charge in [-0.25, -0.2) is 9.36 Å². The number of aryl methyl sites for hydroxylation is 1. The second-order valence-corrected chi connectivity index (χ2v) is 5.83. The van der Waals surface area contributed by atoms with Gasteiger partial charge in [-0.05, 0) is 6.42 Å². The molecule has 11 nitrogen and oxygen atoms in total. The molecule has 132 valence electrons. The lowest BCUT2D eigenvalue weighted by atomic mass is 10.2. The Hall–Kier alpha value is -1.33. The maximum absolute atomic E-state index is 11.7. The van der Waals surface area contributed by atoms with E-state index in [9.17, 15) is 14.7 Å². The van der Waals surface area contributed by atoms with E-state index in [1.807, 2.05) is 0 Å². The van der Waals surface area contributed by atoms with E-state index in [-0.39, 0.29) is 13.0 Å². The summed E-state index contributed by atoms with van der Waals surface area (Å²) < 4.78 is 15.5. The molecule has 1 aromatic rings. The Bertz CT molecular complexity index is 671. The minimum absolute atomic E-state index is 0.209. The number of H-pyrrole nitrogens is 1. The molecule has 3 atom stereocenters. The van der Waals surface area contributed by atoms with Crippen LogP contribution in [0.25, 0.3) is 0 Å². The highest BCUT2D eigenvalue weighted by atomic mass is 31.2. The largest absolute Gasteiger partial charge is 0.466 e. The third-order valence-corrected chi connectivity index (χ3v) is 3.12. The smallest absolute Gasteiger partial charge is 0.394 e. The Balaban J connectivity index is 0.000000463. The van der Waals surface area contributed by atoms with E-state index in [4.69, 9.17) is 29.1 Å². The van der Waals surface area contributed by atoms with E-state index in [2.05, 4.69) is 4.98 Å². The number of nitrogens with zero attached hydrogens (tertiary/aromatic N) is 1. The molecule has 0 bridgehead atoms. The molecule has 2 rings (SSSR count). The van der Waals surface area contributed by atoms with Gasteiger partial charge in [-0.15, -0.1) is 0 Å². The highest BCUT2D eigenvalue weighted by Crippen LogP contribution is 2.27. The summed E-state index contributed by atoms with van der Waals surface area (Å²) in [6.07, 6.45) is -0.0259. The van der Waals surface area contributed by atoms with E-state index in [1.165, 1.54) is 10.8 Å². The number of aliphatic hydroxyl groups excluding tert-OH is 2. The van der Waals surface area contributed by atoms with Crippen molar-refractivity contribution in [3.63, 3.8) is 0 Å². The van der Waals surface area contributed by atoms with Gasteiger partial charge in [0.05, 0.1) is 12.7 Å². The molecule has 12 heteroatoms. The summed E-state index contributed by atoms with van der Waals surface area (Å²) in [6, 6.07) is 0. The summed E-state index contributed by atoms with van der Waals surface area (Å²) in [5.41, 5.74) is -0.510. The van der Waals surface area contributed by atoms with Crippen LogP contribution in [0.5, 0.6) is 0 Å². The number of nitrogens with one attached hydrogen (secondary N) is 1. The van der Waals surface area contributed by atoms with Gasteiger partial charge >= 0.3 is 13.5 Å². The normalized spacial score (nSPS) is 24.2. The molecular weight excluding hydrogens is 335 g/mol. The first-order chi connectivity index (χ1) is 10.6. The summed E-state index contributed by atoms with van der Waals surface area (Å²) in [5, 5.41) is 18.6. The Labute approximate surface area is 130 Å². The van der Waals surface area contributed by atoms with Gasteiger partial charge in [0.2, 0.25) is 0 Å². The fourth-order valence-electron chi connectivity index (χ4n) is 2.04. The molecule has 0 aromatic carbocycles. The summed E-state index contributed by atoms with van der Waals surface area (Å²) >= 11 is 0. The highest BCUT2D eigenvalue weighted by molar-refractivity contribution is 7.45. The molecule has 0 unspecified atom stereocenters. The fourth-order valence-corrected chi connectivity index (χ4v) is 2.04. The second kappa shape index (κ2) is 7.97. The van der Waals surface area contributed by atoms with Crippen LogP contribution in [0.2, 0.25) is 0 Å². The zero-order valence-electron chi connectivity index (χ0n) is 12.2. The van der Waals surface area contributed by atoms with Crippen molar-refractivity contribution in [3.8, 4) is 0 Å². The van der Waals surface area contributed by atoms with Gasteiger partial charge in [-0.2, -0.15) is 0 Å². The van der Waals surface area contributed by atoms with E-state index in [0.717, 1.165) is 0 Å². The van der Waals surface area contributed by atoms with Gasteiger partial charge in [-0.3, -0.25) is 14.3 Å². The quantitative estimate of drug-likeness (QED) is 0.328. The first-order valence-corrected chi connectivity index (χ1v) is 8.20. The number of hydrogen-bond acceptors (Lipinski definition) is 6. The van der Waals surface area contributed by atoms with Crippen molar-refractivity contribution in [1.29, 1.82) is 0 Å². The van der Waals surface area contributed by atoms with Gasteiger partial charge in [0.15, 0.2) is 0 Å². The zero-order valence-corrected chi connectivity index (χ0v) is 13.1. The molecule has 1 fully saturated rings. The highest BCUT2D eigenvalue weighted by Gasteiger charge is 2.35. The van der Waals surface area contributed by atoms with Crippen LogP contribution in [-0.2, 0) is 15.7 Å². The molecule has 0 saturated carbocycles. The molecule has 1 aliphatic heterocycles. The maximum Gasteiger partial charge on any atom is 0.466 e. The third kappa shape index (κ3) is 5.99. The molecule has 0 amide bonds. The predicted octanol–water partition coefficient (Wildman–Crippen LogP) is -2.19. The topological polar surface area (TPSA) is 182 Å². The van der Waals surface area contributed by atoms with Crippen LogP contribution in [-0.4, -0.2) is 53.3 Å². The summed E-state index contributed by atoms with van der Waals surface area (Å²) in [5.74, 6) is 0. The van der Waals surface area contributed by atoms with Crippen LogP contribution in [0.4, 0.5) is 0 Å².